The second kappa shape index (κ2) is 7.64. The first kappa shape index (κ1) is 16.1. The van der Waals surface area contributed by atoms with Crippen LogP contribution in [0.4, 0.5) is 4.79 Å². The minimum atomic E-state index is -0.301. The van der Waals surface area contributed by atoms with Gasteiger partial charge < -0.3 is 14.5 Å². The van der Waals surface area contributed by atoms with Gasteiger partial charge in [-0.25, -0.2) is 4.79 Å². The van der Waals surface area contributed by atoms with E-state index < -0.39 is 0 Å². The zero-order valence-electron chi connectivity index (χ0n) is 13.1. The van der Waals surface area contributed by atoms with E-state index in [0.717, 1.165) is 5.56 Å². The Bertz CT molecular complexity index is 544. The first-order valence-corrected chi connectivity index (χ1v) is 7.55. The quantitative estimate of drug-likeness (QED) is 0.805. The molecule has 1 fully saturated rings. The van der Waals surface area contributed by atoms with Gasteiger partial charge in [-0.05, 0) is 25.5 Å². The number of carbonyl (C=O) groups excluding carboxylic acids is 2. The Balaban J connectivity index is 1.84. The fraction of sp³-hybridized carbons (Fsp3) is 0.412. The van der Waals surface area contributed by atoms with Gasteiger partial charge in [0.25, 0.3) is 0 Å². The van der Waals surface area contributed by atoms with Crippen LogP contribution >= 0.6 is 0 Å². The van der Waals surface area contributed by atoms with Gasteiger partial charge in [-0.15, -0.1) is 0 Å². The van der Waals surface area contributed by atoms with Crippen LogP contribution in [-0.2, 0) is 9.53 Å². The summed E-state index contributed by atoms with van der Waals surface area (Å²) in [5.74, 6) is -0.0240. The van der Waals surface area contributed by atoms with Crippen molar-refractivity contribution >= 4 is 18.1 Å². The SMILES string of the molecule is CCOC(=O)N1CCN(C(=O)/C=C/c2ccc(C)cc2)CC1. The summed E-state index contributed by atoms with van der Waals surface area (Å²) < 4.78 is 4.96. The van der Waals surface area contributed by atoms with Crippen LogP contribution in [0.3, 0.4) is 0 Å². The average Bonchev–Trinajstić information content (AvgIpc) is 2.54. The lowest BCUT2D eigenvalue weighted by Crippen LogP contribution is -2.50. The molecule has 5 nitrogen and oxygen atoms in total. The van der Waals surface area contributed by atoms with Crippen LogP contribution in [0.1, 0.15) is 18.1 Å². The number of hydrogen-bond acceptors (Lipinski definition) is 3. The highest BCUT2D eigenvalue weighted by atomic mass is 16.6. The number of ether oxygens (including phenoxy) is 1. The fourth-order valence-electron chi connectivity index (χ4n) is 2.27. The van der Waals surface area contributed by atoms with Crippen molar-refractivity contribution in [3.05, 3.63) is 41.5 Å². The summed E-state index contributed by atoms with van der Waals surface area (Å²) in [6, 6.07) is 8.00. The van der Waals surface area contributed by atoms with Crippen molar-refractivity contribution in [3.8, 4) is 0 Å². The third-order valence-electron chi connectivity index (χ3n) is 3.61. The normalized spacial score (nSPS) is 15.2. The second-order valence-corrected chi connectivity index (χ2v) is 5.26. The molecular formula is C17H22N2O3. The molecule has 0 radical (unpaired) electrons. The summed E-state index contributed by atoms with van der Waals surface area (Å²) in [6.45, 7) is 6.30. The molecule has 0 N–H and O–H groups in total. The van der Waals surface area contributed by atoms with Gasteiger partial charge in [0.05, 0.1) is 6.61 Å². The van der Waals surface area contributed by atoms with E-state index in [0.29, 0.717) is 32.8 Å². The molecule has 1 aliphatic rings. The zero-order valence-corrected chi connectivity index (χ0v) is 13.1. The predicted octanol–water partition coefficient (Wildman–Crippen LogP) is 2.31. The molecule has 0 bridgehead atoms. The second-order valence-electron chi connectivity index (χ2n) is 5.26. The third-order valence-corrected chi connectivity index (χ3v) is 3.61. The van der Waals surface area contributed by atoms with Crippen LogP contribution in [0, 0.1) is 6.92 Å². The molecule has 0 spiro atoms. The first-order valence-electron chi connectivity index (χ1n) is 7.55. The molecule has 1 aliphatic heterocycles. The van der Waals surface area contributed by atoms with Crippen molar-refractivity contribution in [3.63, 3.8) is 0 Å². The molecule has 2 rings (SSSR count). The number of amides is 2. The van der Waals surface area contributed by atoms with Crippen LogP contribution in [-0.4, -0.2) is 54.6 Å². The number of piperazine rings is 1. The summed E-state index contributed by atoms with van der Waals surface area (Å²) in [5, 5.41) is 0. The molecule has 0 atom stereocenters. The lowest BCUT2D eigenvalue weighted by Gasteiger charge is -2.33. The molecule has 1 aromatic carbocycles. The van der Waals surface area contributed by atoms with Gasteiger partial charge in [0.1, 0.15) is 0 Å². The Morgan fingerprint density at radius 3 is 2.27 bits per heavy atom. The molecule has 2 amide bonds. The zero-order chi connectivity index (χ0) is 15.9. The van der Waals surface area contributed by atoms with Crippen LogP contribution < -0.4 is 0 Å². The average molecular weight is 302 g/mol. The van der Waals surface area contributed by atoms with Crippen LogP contribution in [0.5, 0.6) is 0 Å². The standard InChI is InChI=1S/C17H22N2O3/c1-3-22-17(21)19-12-10-18(11-13-19)16(20)9-8-15-6-4-14(2)5-7-15/h4-9H,3,10-13H2,1-2H3/b9-8+. The van der Waals surface area contributed by atoms with Gasteiger partial charge in [-0.2, -0.15) is 0 Å². The third kappa shape index (κ3) is 4.35. The van der Waals surface area contributed by atoms with Crippen molar-refractivity contribution in [2.45, 2.75) is 13.8 Å². The Hall–Kier alpha value is -2.30. The Morgan fingerprint density at radius 2 is 1.68 bits per heavy atom. The van der Waals surface area contributed by atoms with E-state index in [9.17, 15) is 9.59 Å². The first-order chi connectivity index (χ1) is 10.6. The van der Waals surface area contributed by atoms with Crippen molar-refractivity contribution in [2.24, 2.45) is 0 Å². The maximum absolute atomic E-state index is 12.1. The number of rotatable bonds is 3. The van der Waals surface area contributed by atoms with E-state index in [1.54, 1.807) is 22.8 Å². The van der Waals surface area contributed by atoms with E-state index in [1.807, 2.05) is 37.3 Å². The molecular weight excluding hydrogens is 280 g/mol. The summed E-state index contributed by atoms with van der Waals surface area (Å²) in [4.78, 5) is 27.1. The molecule has 0 aliphatic carbocycles. The maximum atomic E-state index is 12.1. The number of carbonyl (C=O) groups is 2. The molecule has 5 heteroatoms. The minimum absolute atomic E-state index is 0.0240. The topological polar surface area (TPSA) is 49.9 Å². The van der Waals surface area contributed by atoms with Crippen LogP contribution in [0.25, 0.3) is 6.08 Å². The number of aryl methyl sites for hydroxylation is 1. The molecule has 0 saturated carbocycles. The van der Waals surface area contributed by atoms with E-state index in [1.165, 1.54) is 5.56 Å². The van der Waals surface area contributed by atoms with E-state index in [2.05, 4.69) is 0 Å². The molecule has 0 aromatic heterocycles. The molecule has 1 heterocycles. The molecule has 1 saturated heterocycles. The molecule has 118 valence electrons. The smallest absolute Gasteiger partial charge is 0.409 e. The van der Waals surface area contributed by atoms with Crippen LogP contribution in [0.15, 0.2) is 30.3 Å². The molecule has 0 unspecified atom stereocenters. The highest BCUT2D eigenvalue weighted by molar-refractivity contribution is 5.92. The van der Waals surface area contributed by atoms with Gasteiger partial charge in [0.2, 0.25) is 5.91 Å². The monoisotopic (exact) mass is 302 g/mol. The van der Waals surface area contributed by atoms with Crippen LogP contribution in [0.2, 0.25) is 0 Å². The predicted molar refractivity (Wildman–Crippen MR) is 85.4 cm³/mol. The number of nitrogens with zero attached hydrogens (tertiary/aromatic N) is 2. The van der Waals surface area contributed by atoms with Crippen molar-refractivity contribution in [1.82, 2.24) is 9.80 Å². The summed E-state index contributed by atoms with van der Waals surface area (Å²) in [5.41, 5.74) is 2.20. The van der Waals surface area contributed by atoms with Crippen molar-refractivity contribution < 1.29 is 14.3 Å². The van der Waals surface area contributed by atoms with E-state index in [4.69, 9.17) is 4.74 Å². The lowest BCUT2D eigenvalue weighted by atomic mass is 10.1. The Morgan fingerprint density at radius 1 is 1.09 bits per heavy atom. The number of benzene rings is 1. The summed E-state index contributed by atoms with van der Waals surface area (Å²) >= 11 is 0. The van der Waals surface area contributed by atoms with Gasteiger partial charge in [-0.1, -0.05) is 29.8 Å². The van der Waals surface area contributed by atoms with E-state index >= 15 is 0 Å². The number of hydrogen-bond donors (Lipinski definition) is 0. The highest BCUT2D eigenvalue weighted by Gasteiger charge is 2.23. The fourth-order valence-corrected chi connectivity index (χ4v) is 2.27. The van der Waals surface area contributed by atoms with Crippen molar-refractivity contribution in [2.75, 3.05) is 32.8 Å². The van der Waals surface area contributed by atoms with Gasteiger partial charge in [-0.3, -0.25) is 4.79 Å². The minimum Gasteiger partial charge on any atom is -0.450 e. The molecule has 1 aromatic rings. The van der Waals surface area contributed by atoms with Crippen molar-refractivity contribution in [1.29, 1.82) is 0 Å². The van der Waals surface area contributed by atoms with Gasteiger partial charge in [0.15, 0.2) is 0 Å². The lowest BCUT2D eigenvalue weighted by molar-refractivity contribution is -0.127. The van der Waals surface area contributed by atoms with E-state index in [-0.39, 0.29) is 12.0 Å². The maximum Gasteiger partial charge on any atom is 0.409 e. The largest absolute Gasteiger partial charge is 0.450 e. The Labute approximate surface area is 131 Å². The highest BCUT2D eigenvalue weighted by Crippen LogP contribution is 2.08. The summed E-state index contributed by atoms with van der Waals surface area (Å²) in [7, 11) is 0. The van der Waals surface area contributed by atoms with Gasteiger partial charge >= 0.3 is 6.09 Å². The molecule has 22 heavy (non-hydrogen) atoms. The van der Waals surface area contributed by atoms with Gasteiger partial charge in [0, 0.05) is 32.3 Å². The summed E-state index contributed by atoms with van der Waals surface area (Å²) in [6.07, 6.45) is 3.11. The Kier molecular flexibility index (Phi) is 5.58.